The fourth-order valence-electron chi connectivity index (χ4n) is 20.4. The third-order valence-corrected chi connectivity index (χ3v) is 27.1. The summed E-state index contributed by atoms with van der Waals surface area (Å²) < 4.78 is 13.0. The average Bonchev–Trinajstić information content (AvgIpc) is 1.65. The molecule has 6 aliphatic rings. The lowest BCUT2D eigenvalue weighted by Gasteiger charge is -2.56. The Kier molecular flexibility index (Phi) is 26.4. The van der Waals surface area contributed by atoms with Crippen LogP contribution in [0.25, 0.3) is 67.6 Å². The van der Waals surface area contributed by atoms with Gasteiger partial charge in [-0.25, -0.2) is 19.9 Å². The number of hydrogen-bond acceptors (Lipinski definition) is 16. The van der Waals surface area contributed by atoms with Crippen LogP contribution >= 0.6 is 0 Å². The molecule has 4 saturated carbocycles. The highest BCUT2D eigenvalue weighted by molar-refractivity contribution is 5.96. The van der Waals surface area contributed by atoms with Gasteiger partial charge in [-0.15, -0.1) is 0 Å². The largest absolute Gasteiger partial charge is 0.375 e. The Morgan fingerprint density at radius 1 is 0.436 bits per heavy atom. The van der Waals surface area contributed by atoms with E-state index in [1.807, 2.05) is 147 Å². The quantitative estimate of drug-likeness (QED) is 0.0305. The maximum Gasteiger partial charge on any atom is 0.251 e. The summed E-state index contributed by atoms with van der Waals surface area (Å²) in [6.45, 7) is 17.9. The van der Waals surface area contributed by atoms with Crippen LogP contribution in [0, 0.1) is 38.5 Å². The highest BCUT2D eigenvalue weighted by atomic mass is 16.5. The van der Waals surface area contributed by atoms with Gasteiger partial charge in [0.05, 0.1) is 45.5 Å². The molecule has 6 fully saturated rings. The number of anilines is 8. The average molecular weight is 1780 g/mol. The predicted octanol–water partition coefficient (Wildman–Crippen LogP) is 19.7. The van der Waals surface area contributed by atoms with E-state index in [1.165, 1.54) is 78.6 Å². The summed E-state index contributed by atoms with van der Waals surface area (Å²) in [4.78, 5) is 103. The smallest absolute Gasteiger partial charge is 0.251 e. The monoisotopic (exact) mass is 1780 g/mol. The number of nitrogens with one attached hydrogen (secondary N) is 9. The van der Waals surface area contributed by atoms with E-state index < -0.39 is 0 Å². The second-order valence-corrected chi connectivity index (χ2v) is 36.4. The van der Waals surface area contributed by atoms with Crippen LogP contribution in [0.2, 0.25) is 0 Å². The molecule has 0 atom stereocenters. The SMILES string of the molecule is CCCNC(=O)c1ccc(Nc2ccc(-c3cc[nH]c(=O)c3)n3ccnc23)cc1.COCC(=O)N1CCC(c2ccc(Nc3ccc(-c4cc[nH]c(=O)c4)n4ccnc34)cc2)CC1.Cc1cc(-c2ccc(Nc3ccc(C4CCN(C(C)C)CC4)cc3)c3nccn23)cc(C)c1C.O=C(NC12CC3CC(CC(C3)C1)C2)c1ccc(Nc2ccc(-c3cc[nH]c(=O)c3)n3ccnc23)cc1. The second kappa shape index (κ2) is 39.5. The minimum absolute atomic E-state index is 0.0143. The maximum atomic E-state index is 13.2. The number of aryl methyl sites for hydroxylation is 2. The van der Waals surface area contributed by atoms with Crippen molar-refractivity contribution in [1.82, 2.24) is 72.9 Å². The van der Waals surface area contributed by atoms with Crippen molar-refractivity contribution in [3.8, 4) is 45.0 Å². The van der Waals surface area contributed by atoms with E-state index in [9.17, 15) is 28.8 Å². The summed E-state index contributed by atoms with van der Waals surface area (Å²) in [7, 11) is 1.55. The number of likely N-dealkylation sites (tertiary alicyclic amines) is 2. The van der Waals surface area contributed by atoms with E-state index in [2.05, 4.69) is 184 Å². The van der Waals surface area contributed by atoms with Crippen LogP contribution in [0.5, 0.6) is 0 Å². The summed E-state index contributed by atoms with van der Waals surface area (Å²) >= 11 is 0. The Morgan fingerprint density at radius 3 is 1.13 bits per heavy atom. The number of nitrogens with zero attached hydrogens (tertiary/aromatic N) is 10. The summed E-state index contributed by atoms with van der Waals surface area (Å²) in [6, 6.07) is 64.1. The van der Waals surface area contributed by atoms with Gasteiger partial charge in [-0.3, -0.25) is 46.4 Å². The molecule has 5 aromatic carbocycles. The number of hydrogen-bond donors (Lipinski definition) is 9. The lowest BCUT2D eigenvalue weighted by molar-refractivity contribution is -0.136. The Labute approximate surface area is 771 Å². The van der Waals surface area contributed by atoms with Crippen LogP contribution in [0.15, 0.2) is 277 Å². The molecule has 26 heteroatoms. The molecule has 4 aliphatic carbocycles. The lowest BCUT2D eigenvalue weighted by atomic mass is 9.53. The first-order valence-corrected chi connectivity index (χ1v) is 46.3. The van der Waals surface area contributed by atoms with Crippen LogP contribution in [0.3, 0.4) is 0 Å². The zero-order valence-corrected chi connectivity index (χ0v) is 76.1. The molecule has 16 aromatic rings. The molecule has 2 saturated heterocycles. The first-order chi connectivity index (χ1) is 64.7. The van der Waals surface area contributed by atoms with Gasteiger partial charge < -0.3 is 61.4 Å². The molecule has 2 aliphatic heterocycles. The molecule has 133 heavy (non-hydrogen) atoms. The number of aromatic nitrogens is 11. The first-order valence-electron chi connectivity index (χ1n) is 46.3. The van der Waals surface area contributed by atoms with Crippen molar-refractivity contribution >= 4 is 85.8 Å². The Hall–Kier alpha value is -14.8. The summed E-state index contributed by atoms with van der Waals surface area (Å²) in [6.07, 6.45) is 32.6. The molecule has 3 amide bonds. The van der Waals surface area contributed by atoms with E-state index in [1.54, 1.807) is 74.6 Å². The summed E-state index contributed by atoms with van der Waals surface area (Å²) in [5, 5.41) is 20.2. The number of carbonyl (C=O) groups excluding carboxylic acids is 3. The molecule has 678 valence electrons. The fourth-order valence-corrected chi connectivity index (χ4v) is 20.4. The zero-order chi connectivity index (χ0) is 91.8. The van der Waals surface area contributed by atoms with Gasteiger partial charge in [0.1, 0.15) is 6.61 Å². The van der Waals surface area contributed by atoms with Gasteiger partial charge in [-0.2, -0.15) is 0 Å². The number of pyridine rings is 7. The van der Waals surface area contributed by atoms with Crippen LogP contribution in [0.1, 0.15) is 152 Å². The van der Waals surface area contributed by atoms with Crippen molar-refractivity contribution < 1.29 is 19.1 Å². The Bertz CT molecular complexity index is 6990. The third kappa shape index (κ3) is 20.1. The van der Waals surface area contributed by atoms with E-state index in [0.29, 0.717) is 35.5 Å². The highest BCUT2D eigenvalue weighted by Crippen LogP contribution is 2.56. The van der Waals surface area contributed by atoms with Crippen molar-refractivity contribution in [3.63, 3.8) is 0 Å². The van der Waals surface area contributed by atoms with Crippen molar-refractivity contribution in [3.05, 3.63) is 332 Å². The van der Waals surface area contributed by atoms with Crippen LogP contribution in [0.4, 0.5) is 45.5 Å². The fraction of sp³-hybridized carbons (Fsp3) is 0.290. The first kappa shape index (κ1) is 88.9. The Balaban J connectivity index is 0.000000119. The molecular weight excluding hydrogens is 1660 g/mol. The van der Waals surface area contributed by atoms with Gasteiger partial charge in [-0.05, 0) is 333 Å². The number of fused-ring (bicyclic) bond motifs is 4. The number of methoxy groups -OCH3 is 1. The van der Waals surface area contributed by atoms with Gasteiger partial charge in [0, 0.05) is 175 Å². The van der Waals surface area contributed by atoms with E-state index >= 15 is 0 Å². The van der Waals surface area contributed by atoms with Crippen molar-refractivity contribution in [2.75, 3.05) is 67.7 Å². The molecule has 9 N–H and O–H groups in total. The van der Waals surface area contributed by atoms with Crippen molar-refractivity contribution in [2.24, 2.45) is 17.8 Å². The number of amides is 3. The number of rotatable bonds is 22. The minimum Gasteiger partial charge on any atom is -0.375 e. The van der Waals surface area contributed by atoms with Crippen LogP contribution in [-0.2, 0) is 9.53 Å². The molecule has 13 heterocycles. The van der Waals surface area contributed by atoms with Crippen molar-refractivity contribution in [2.45, 2.75) is 136 Å². The number of aromatic amines is 3. The number of piperidine rings is 2. The normalized spacial score (nSPS) is 17.1. The number of benzene rings is 5. The Morgan fingerprint density at radius 2 is 0.782 bits per heavy atom. The summed E-state index contributed by atoms with van der Waals surface area (Å²) in [5.74, 6) is 3.56. The number of imidazole rings is 4. The van der Waals surface area contributed by atoms with Crippen molar-refractivity contribution in [1.29, 1.82) is 0 Å². The standard InChI is InChI=1S/C30H36N4.C29H29N5O2.C26H27N5O3.C22H21N5O2/c1-20(2)33-15-12-25(13-16-33)24-6-8-27(9-7-24)32-28-10-11-29(34-17-14-31-30(28)34)26-18-21(3)23(5)22(4)19-26;35-26-14-22(7-8-30-26)25-6-5-24(27-31-9-10-34(25)27)32-23-3-1-21(2-4-23)28(36)33-29-15-18-11-19(16-29)13-20(12-18)17-29;1-34-17-25(33)30-13-9-19(10-14-30)18-2-4-21(5-3-18)29-22-6-7-23(31-15-12-28-26(22)31)20-8-11-27-24(32)16-20;1-2-10-25-22(29)15-3-5-17(6-4-15)26-18-7-8-19(27-13-12-24-21(18)27)16-9-11-23-20(28)14-16/h6-11,14,17-20,25,32H,12-13,15-16H2,1-5H3;1-10,14,18-20,32H,11-13,15-17H2,(H,30,35)(H,33,36);2-8,11-12,15-16,19,29H,9-10,13-14,17H2,1H3,(H,27,32);3-9,11-14,26H,2,10H2,1H3,(H,23,28)(H,25,29). The number of ether oxygens (including phenoxy) is 1. The molecular formula is C107H113N19O7. The maximum absolute atomic E-state index is 13.2. The van der Waals surface area contributed by atoms with Gasteiger partial charge in [0.15, 0.2) is 22.6 Å². The molecule has 0 spiro atoms. The third-order valence-electron chi connectivity index (χ3n) is 27.1. The van der Waals surface area contributed by atoms with Gasteiger partial charge in [-0.1, -0.05) is 31.2 Å². The van der Waals surface area contributed by atoms with Gasteiger partial charge in [0.2, 0.25) is 22.6 Å². The highest BCUT2D eigenvalue weighted by Gasteiger charge is 2.51. The van der Waals surface area contributed by atoms with Crippen LogP contribution in [-0.4, -0.2) is 138 Å². The second-order valence-electron chi connectivity index (χ2n) is 36.4. The lowest BCUT2D eigenvalue weighted by Crippen LogP contribution is -2.59. The number of H-pyrrole nitrogens is 3. The van der Waals surface area contributed by atoms with Crippen LogP contribution < -0.4 is 48.6 Å². The van der Waals surface area contributed by atoms with E-state index in [0.717, 1.165) is 177 Å². The van der Waals surface area contributed by atoms with Gasteiger partial charge in [0.25, 0.3) is 11.8 Å². The van der Waals surface area contributed by atoms with E-state index in [4.69, 9.17) is 4.74 Å². The van der Waals surface area contributed by atoms with Gasteiger partial charge >= 0.3 is 0 Å². The molecule has 26 nitrogen and oxygen atoms in total. The predicted molar refractivity (Wildman–Crippen MR) is 528 cm³/mol. The molecule has 11 aromatic heterocycles. The number of carbonyl (C=O) groups is 3. The molecule has 4 bridgehead atoms. The minimum atomic E-state index is -0.152. The summed E-state index contributed by atoms with van der Waals surface area (Å²) in [5.41, 5.74) is 25.8. The molecule has 0 unspecified atom stereocenters. The molecule has 0 radical (unpaired) electrons. The zero-order valence-electron chi connectivity index (χ0n) is 76.1. The topological polar surface area (TPSA) is 307 Å². The molecule has 22 rings (SSSR count). The van der Waals surface area contributed by atoms with E-state index in [-0.39, 0.29) is 46.5 Å².